The van der Waals surface area contributed by atoms with E-state index >= 15 is 0 Å². The van der Waals surface area contributed by atoms with E-state index in [4.69, 9.17) is 15.3 Å². The Morgan fingerprint density at radius 3 is 2.17 bits per heavy atom. The highest BCUT2D eigenvalue weighted by molar-refractivity contribution is 5.67. The molecule has 0 bridgehead atoms. The minimum atomic E-state index is -1.20. The topological polar surface area (TPSA) is 98.0 Å². The Morgan fingerprint density at radius 1 is 1.25 bits per heavy atom. The number of carboxylic acids is 1. The Balaban J connectivity index is 2.52. The second-order valence-electron chi connectivity index (χ2n) is 3.14. The van der Waals surface area contributed by atoms with Crippen LogP contribution < -0.4 is 0 Å². The molecule has 0 aromatic carbocycles. The van der Waals surface area contributed by atoms with Crippen LogP contribution in [0.5, 0.6) is 0 Å². The molecule has 1 aliphatic carbocycles. The van der Waals surface area contributed by atoms with Crippen LogP contribution in [0.2, 0.25) is 0 Å². The zero-order chi connectivity index (χ0) is 9.30. The molecule has 0 aromatic rings. The minimum absolute atomic E-state index is 0.147. The molecule has 5 heteroatoms. The first kappa shape index (κ1) is 9.44. The molecule has 0 heterocycles. The Bertz CT molecular complexity index is 181. The van der Waals surface area contributed by atoms with Gasteiger partial charge in [-0.1, -0.05) is 0 Å². The molecule has 0 aromatic heterocycles. The van der Waals surface area contributed by atoms with Gasteiger partial charge in [0.15, 0.2) is 0 Å². The fraction of sp³-hybridized carbons (Fsp3) is 0.857. The van der Waals surface area contributed by atoms with Gasteiger partial charge in [-0.2, -0.15) is 0 Å². The number of aliphatic carboxylic acids is 1. The number of hydrogen-bond acceptors (Lipinski definition) is 4. The first-order valence-electron chi connectivity index (χ1n) is 3.78. The van der Waals surface area contributed by atoms with Gasteiger partial charge in [0, 0.05) is 5.92 Å². The zero-order valence-electron chi connectivity index (χ0n) is 6.42. The molecular weight excluding hydrogens is 164 g/mol. The Morgan fingerprint density at radius 2 is 1.83 bits per heavy atom. The van der Waals surface area contributed by atoms with Gasteiger partial charge in [-0.3, -0.25) is 4.79 Å². The predicted molar refractivity (Wildman–Crippen MR) is 38.4 cm³/mol. The molecule has 0 aliphatic heterocycles. The van der Waals surface area contributed by atoms with Crippen molar-refractivity contribution in [3.63, 3.8) is 0 Å². The second-order valence-corrected chi connectivity index (χ2v) is 3.14. The summed E-state index contributed by atoms with van der Waals surface area (Å²) in [5.74, 6) is -1.56. The van der Waals surface area contributed by atoms with Crippen molar-refractivity contribution in [2.24, 2.45) is 5.92 Å². The van der Waals surface area contributed by atoms with E-state index in [0.717, 1.165) is 0 Å². The fourth-order valence-electron chi connectivity index (χ4n) is 1.52. The van der Waals surface area contributed by atoms with Crippen molar-refractivity contribution in [1.82, 2.24) is 0 Å². The molecule has 1 fully saturated rings. The van der Waals surface area contributed by atoms with E-state index < -0.39 is 30.2 Å². The highest BCUT2D eigenvalue weighted by Gasteiger charge is 2.41. The lowest BCUT2D eigenvalue weighted by Crippen LogP contribution is -2.31. The number of aliphatic hydroxyl groups excluding tert-OH is 3. The van der Waals surface area contributed by atoms with E-state index in [9.17, 15) is 9.90 Å². The van der Waals surface area contributed by atoms with Crippen LogP contribution in [0.3, 0.4) is 0 Å². The molecule has 70 valence electrons. The molecule has 1 rings (SSSR count). The maximum Gasteiger partial charge on any atom is 0.303 e. The number of aliphatic hydroxyl groups is 3. The quantitative estimate of drug-likeness (QED) is 0.413. The van der Waals surface area contributed by atoms with Gasteiger partial charge in [0.25, 0.3) is 0 Å². The van der Waals surface area contributed by atoms with E-state index in [1.165, 1.54) is 0 Å². The third-order valence-electron chi connectivity index (χ3n) is 2.21. The summed E-state index contributed by atoms with van der Waals surface area (Å²) in [7, 11) is 0. The molecule has 1 saturated carbocycles. The first-order valence-corrected chi connectivity index (χ1v) is 3.78. The van der Waals surface area contributed by atoms with Gasteiger partial charge in [0.1, 0.15) is 6.10 Å². The van der Waals surface area contributed by atoms with Crippen LogP contribution in [-0.4, -0.2) is 44.7 Å². The maximum atomic E-state index is 10.2. The predicted octanol–water partition coefficient (Wildman–Crippen LogP) is -1.44. The monoisotopic (exact) mass is 176 g/mol. The third kappa shape index (κ3) is 1.74. The lowest BCUT2D eigenvalue weighted by molar-refractivity contribution is -0.139. The van der Waals surface area contributed by atoms with Crippen LogP contribution in [0.4, 0.5) is 0 Å². The fourth-order valence-corrected chi connectivity index (χ4v) is 1.52. The Labute approximate surface area is 69.3 Å². The zero-order valence-corrected chi connectivity index (χ0v) is 6.42. The molecule has 0 spiro atoms. The molecule has 0 amide bonds. The van der Waals surface area contributed by atoms with Crippen molar-refractivity contribution in [1.29, 1.82) is 0 Å². The van der Waals surface area contributed by atoms with Crippen molar-refractivity contribution in [2.75, 3.05) is 0 Å². The lowest BCUT2D eigenvalue weighted by atomic mass is 10.0. The summed E-state index contributed by atoms with van der Waals surface area (Å²) in [6, 6.07) is 0. The van der Waals surface area contributed by atoms with Crippen LogP contribution in [0.1, 0.15) is 12.8 Å². The van der Waals surface area contributed by atoms with Crippen molar-refractivity contribution in [3.8, 4) is 0 Å². The highest BCUT2D eigenvalue weighted by atomic mass is 16.4. The first-order chi connectivity index (χ1) is 5.52. The third-order valence-corrected chi connectivity index (χ3v) is 2.21. The van der Waals surface area contributed by atoms with Gasteiger partial charge in [-0.25, -0.2) is 0 Å². The van der Waals surface area contributed by atoms with E-state index in [1.54, 1.807) is 0 Å². The molecule has 12 heavy (non-hydrogen) atoms. The van der Waals surface area contributed by atoms with Gasteiger partial charge in [0.05, 0.1) is 18.6 Å². The molecule has 1 aliphatic rings. The number of carboxylic acid groups (broad SMARTS) is 1. The van der Waals surface area contributed by atoms with Crippen molar-refractivity contribution >= 4 is 5.97 Å². The van der Waals surface area contributed by atoms with Crippen LogP contribution in [0.15, 0.2) is 0 Å². The molecule has 4 N–H and O–H groups in total. The number of rotatable bonds is 2. The van der Waals surface area contributed by atoms with Crippen LogP contribution in [-0.2, 0) is 4.79 Å². The van der Waals surface area contributed by atoms with E-state index in [2.05, 4.69) is 0 Å². The molecule has 5 nitrogen and oxygen atoms in total. The maximum absolute atomic E-state index is 10.2. The Hall–Kier alpha value is -0.650. The largest absolute Gasteiger partial charge is 0.481 e. The Kier molecular flexibility index (Phi) is 2.66. The van der Waals surface area contributed by atoms with Crippen LogP contribution >= 0.6 is 0 Å². The summed E-state index contributed by atoms with van der Waals surface area (Å²) >= 11 is 0. The van der Waals surface area contributed by atoms with E-state index in [1.807, 2.05) is 0 Å². The summed E-state index contributed by atoms with van der Waals surface area (Å²) in [5, 5.41) is 35.7. The second kappa shape index (κ2) is 3.38. The van der Waals surface area contributed by atoms with Crippen molar-refractivity contribution in [3.05, 3.63) is 0 Å². The summed E-state index contributed by atoms with van der Waals surface area (Å²) < 4.78 is 0. The molecule has 0 saturated heterocycles. The smallest absolute Gasteiger partial charge is 0.303 e. The summed E-state index contributed by atoms with van der Waals surface area (Å²) in [6.07, 6.45) is -3.38. The van der Waals surface area contributed by atoms with E-state index in [0.29, 0.717) is 0 Å². The average Bonchev–Trinajstić information content (AvgIpc) is 2.17. The van der Waals surface area contributed by atoms with Gasteiger partial charge in [-0.05, 0) is 6.42 Å². The minimum Gasteiger partial charge on any atom is -0.481 e. The average molecular weight is 176 g/mol. The summed E-state index contributed by atoms with van der Waals surface area (Å²) in [5.41, 5.74) is 0. The summed E-state index contributed by atoms with van der Waals surface area (Å²) in [6.45, 7) is 0. The molecular formula is C7H12O5. The molecule has 0 radical (unpaired) electrons. The SMILES string of the molecule is O=C(O)C[C@H]1C[C@@H](O)[C@H](O)[C@@H]1O. The standard InChI is InChI=1S/C7H12O5/c8-4-1-3(2-5(9)10)6(11)7(4)12/h3-4,6-8,11-12H,1-2H2,(H,9,10)/t3-,4-,6-,7+/m1/s1. The number of hydrogen-bond donors (Lipinski definition) is 4. The van der Waals surface area contributed by atoms with Crippen LogP contribution in [0, 0.1) is 5.92 Å². The van der Waals surface area contributed by atoms with Crippen LogP contribution in [0.25, 0.3) is 0 Å². The van der Waals surface area contributed by atoms with Crippen molar-refractivity contribution in [2.45, 2.75) is 31.2 Å². The van der Waals surface area contributed by atoms with Gasteiger partial charge in [0.2, 0.25) is 0 Å². The molecule has 0 unspecified atom stereocenters. The van der Waals surface area contributed by atoms with Gasteiger partial charge >= 0.3 is 5.97 Å². The lowest BCUT2D eigenvalue weighted by Gasteiger charge is -2.13. The highest BCUT2D eigenvalue weighted by Crippen LogP contribution is 2.28. The van der Waals surface area contributed by atoms with E-state index in [-0.39, 0.29) is 12.8 Å². The van der Waals surface area contributed by atoms with Gasteiger partial charge < -0.3 is 20.4 Å². The molecule has 4 atom stereocenters. The number of carbonyl (C=O) groups is 1. The van der Waals surface area contributed by atoms with Gasteiger partial charge in [-0.15, -0.1) is 0 Å². The summed E-state index contributed by atoms with van der Waals surface area (Å²) in [4.78, 5) is 10.2. The normalized spacial score (nSPS) is 41.6. The van der Waals surface area contributed by atoms with Crippen molar-refractivity contribution < 1.29 is 25.2 Å².